The standard InChI is InChI=1S/C19H29N3O3S/c1-23-17-5-4-16(14-18(17)24-2)15-22(19-20-6-3-13-26-19)8-7-21-9-11-25-12-10-21/h4-5,14H,3,6-13,15H2,1-2H3. The van der Waals surface area contributed by atoms with Gasteiger partial charge in [-0.25, -0.2) is 0 Å². The second-order valence-corrected chi connectivity index (χ2v) is 7.49. The van der Waals surface area contributed by atoms with E-state index in [1.807, 2.05) is 17.8 Å². The maximum absolute atomic E-state index is 5.46. The summed E-state index contributed by atoms with van der Waals surface area (Å²) in [5.41, 5.74) is 1.21. The van der Waals surface area contributed by atoms with Crippen molar-refractivity contribution in [3.05, 3.63) is 23.8 Å². The van der Waals surface area contributed by atoms with Gasteiger partial charge < -0.3 is 19.1 Å². The van der Waals surface area contributed by atoms with Crippen molar-refractivity contribution in [3.8, 4) is 11.5 Å². The van der Waals surface area contributed by atoms with E-state index in [1.165, 1.54) is 17.2 Å². The van der Waals surface area contributed by atoms with E-state index in [4.69, 9.17) is 19.2 Å². The van der Waals surface area contributed by atoms with Gasteiger partial charge in [0.25, 0.3) is 0 Å². The minimum atomic E-state index is 0.764. The molecule has 1 aromatic rings. The molecule has 2 aliphatic rings. The van der Waals surface area contributed by atoms with Crippen molar-refractivity contribution in [1.82, 2.24) is 9.80 Å². The molecule has 2 heterocycles. The van der Waals surface area contributed by atoms with Crippen LogP contribution in [0.1, 0.15) is 12.0 Å². The Kier molecular flexibility index (Phi) is 7.46. The summed E-state index contributed by atoms with van der Waals surface area (Å²) >= 11 is 1.87. The van der Waals surface area contributed by atoms with E-state index < -0.39 is 0 Å². The Balaban J connectivity index is 1.69. The first-order chi connectivity index (χ1) is 12.8. The molecule has 2 aliphatic heterocycles. The minimum Gasteiger partial charge on any atom is -0.493 e. The van der Waals surface area contributed by atoms with Crippen molar-refractivity contribution in [2.45, 2.75) is 13.0 Å². The average molecular weight is 380 g/mol. The molecule has 0 bridgehead atoms. The quantitative estimate of drug-likeness (QED) is 0.725. The van der Waals surface area contributed by atoms with Crippen molar-refractivity contribution in [2.24, 2.45) is 4.99 Å². The Morgan fingerprint density at radius 2 is 2.00 bits per heavy atom. The summed E-state index contributed by atoms with van der Waals surface area (Å²) in [7, 11) is 3.35. The number of rotatable bonds is 7. The van der Waals surface area contributed by atoms with Gasteiger partial charge in [-0.3, -0.25) is 9.89 Å². The number of amidine groups is 1. The fourth-order valence-electron chi connectivity index (χ4n) is 3.17. The molecule has 0 unspecified atom stereocenters. The van der Waals surface area contributed by atoms with Gasteiger partial charge in [-0.2, -0.15) is 0 Å². The minimum absolute atomic E-state index is 0.764. The zero-order valence-electron chi connectivity index (χ0n) is 15.8. The van der Waals surface area contributed by atoms with Crippen LogP contribution in [0.2, 0.25) is 0 Å². The zero-order valence-corrected chi connectivity index (χ0v) is 16.6. The molecular formula is C19H29N3O3S. The lowest BCUT2D eigenvalue weighted by molar-refractivity contribution is 0.0358. The van der Waals surface area contributed by atoms with Gasteiger partial charge in [-0.05, 0) is 24.1 Å². The number of hydrogen-bond donors (Lipinski definition) is 0. The number of methoxy groups -OCH3 is 2. The first-order valence-electron chi connectivity index (χ1n) is 9.23. The van der Waals surface area contributed by atoms with Gasteiger partial charge in [-0.15, -0.1) is 0 Å². The summed E-state index contributed by atoms with van der Waals surface area (Å²) in [5, 5.41) is 1.17. The molecule has 0 spiro atoms. The fourth-order valence-corrected chi connectivity index (χ4v) is 4.15. The molecule has 1 fully saturated rings. The van der Waals surface area contributed by atoms with Gasteiger partial charge in [0.2, 0.25) is 0 Å². The number of benzene rings is 1. The summed E-state index contributed by atoms with van der Waals surface area (Å²) < 4.78 is 16.3. The van der Waals surface area contributed by atoms with Crippen LogP contribution < -0.4 is 9.47 Å². The zero-order chi connectivity index (χ0) is 18.2. The van der Waals surface area contributed by atoms with Gasteiger partial charge in [0.15, 0.2) is 16.7 Å². The lowest BCUT2D eigenvalue weighted by Crippen LogP contribution is -2.42. The molecule has 144 valence electrons. The molecule has 1 saturated heterocycles. The molecule has 3 rings (SSSR count). The Hall–Kier alpha value is -1.44. The van der Waals surface area contributed by atoms with Gasteiger partial charge in [-0.1, -0.05) is 17.8 Å². The third-order valence-electron chi connectivity index (χ3n) is 4.66. The van der Waals surface area contributed by atoms with Gasteiger partial charge >= 0.3 is 0 Å². The fraction of sp³-hybridized carbons (Fsp3) is 0.632. The predicted molar refractivity (Wildman–Crippen MR) is 107 cm³/mol. The largest absolute Gasteiger partial charge is 0.493 e. The topological polar surface area (TPSA) is 46.5 Å². The van der Waals surface area contributed by atoms with Crippen LogP contribution in [-0.2, 0) is 11.3 Å². The second kappa shape index (κ2) is 10.0. The third-order valence-corrected chi connectivity index (χ3v) is 5.80. The van der Waals surface area contributed by atoms with Crippen molar-refractivity contribution in [3.63, 3.8) is 0 Å². The molecule has 0 amide bonds. The highest BCUT2D eigenvalue weighted by Gasteiger charge is 2.18. The highest BCUT2D eigenvalue weighted by atomic mass is 32.2. The highest BCUT2D eigenvalue weighted by Crippen LogP contribution is 2.28. The number of thioether (sulfide) groups is 1. The second-order valence-electron chi connectivity index (χ2n) is 6.43. The van der Waals surface area contributed by atoms with Crippen LogP contribution in [0.25, 0.3) is 0 Å². The van der Waals surface area contributed by atoms with Crippen LogP contribution in [0, 0.1) is 0 Å². The summed E-state index contributed by atoms with van der Waals surface area (Å²) in [6.45, 7) is 7.49. The van der Waals surface area contributed by atoms with Crippen LogP contribution >= 0.6 is 11.8 Å². The van der Waals surface area contributed by atoms with Crippen molar-refractivity contribution >= 4 is 16.9 Å². The lowest BCUT2D eigenvalue weighted by Gasteiger charge is -2.32. The first kappa shape index (κ1) is 19.3. The van der Waals surface area contributed by atoms with Crippen LogP contribution in [0.4, 0.5) is 0 Å². The van der Waals surface area contributed by atoms with E-state index in [9.17, 15) is 0 Å². The molecule has 6 nitrogen and oxygen atoms in total. The van der Waals surface area contributed by atoms with Crippen LogP contribution in [0.15, 0.2) is 23.2 Å². The predicted octanol–water partition coefficient (Wildman–Crippen LogP) is 2.33. The molecular weight excluding hydrogens is 350 g/mol. The van der Waals surface area contributed by atoms with Crippen molar-refractivity contribution < 1.29 is 14.2 Å². The maximum atomic E-state index is 5.46. The number of nitrogens with zero attached hydrogens (tertiary/aromatic N) is 3. The summed E-state index contributed by atoms with van der Waals surface area (Å²) in [4.78, 5) is 9.65. The summed E-state index contributed by atoms with van der Waals surface area (Å²) in [6, 6.07) is 6.15. The molecule has 0 aromatic heterocycles. The monoisotopic (exact) mass is 379 g/mol. The van der Waals surface area contributed by atoms with E-state index in [0.717, 1.165) is 69.7 Å². The van der Waals surface area contributed by atoms with Crippen molar-refractivity contribution in [2.75, 3.05) is 65.9 Å². The van der Waals surface area contributed by atoms with E-state index in [-0.39, 0.29) is 0 Å². The number of hydrogen-bond acceptors (Lipinski definition) is 7. The summed E-state index contributed by atoms with van der Waals surface area (Å²) in [5.74, 6) is 2.69. The first-order valence-corrected chi connectivity index (χ1v) is 10.2. The Morgan fingerprint density at radius 3 is 2.69 bits per heavy atom. The van der Waals surface area contributed by atoms with Crippen molar-refractivity contribution in [1.29, 1.82) is 0 Å². The number of aliphatic imine (C=N–C) groups is 1. The number of morpholine rings is 1. The van der Waals surface area contributed by atoms with Gasteiger partial charge in [0.05, 0.1) is 27.4 Å². The SMILES string of the molecule is COc1ccc(CN(CCN2CCOCC2)C2=NCCCS2)cc1OC. The lowest BCUT2D eigenvalue weighted by atomic mass is 10.2. The average Bonchev–Trinajstić information content (AvgIpc) is 2.72. The van der Waals surface area contributed by atoms with E-state index >= 15 is 0 Å². The number of ether oxygens (including phenoxy) is 3. The molecule has 1 aromatic carbocycles. The molecule has 7 heteroatoms. The molecule has 26 heavy (non-hydrogen) atoms. The van der Waals surface area contributed by atoms with E-state index in [1.54, 1.807) is 14.2 Å². The smallest absolute Gasteiger partial charge is 0.161 e. The van der Waals surface area contributed by atoms with Gasteiger partial charge in [0.1, 0.15) is 0 Å². The Labute approximate surface area is 160 Å². The molecule has 0 aliphatic carbocycles. The van der Waals surface area contributed by atoms with E-state index in [0.29, 0.717) is 0 Å². The molecule has 0 N–H and O–H groups in total. The highest BCUT2D eigenvalue weighted by molar-refractivity contribution is 8.13. The van der Waals surface area contributed by atoms with Crippen LogP contribution in [0.3, 0.4) is 0 Å². The van der Waals surface area contributed by atoms with E-state index in [2.05, 4.69) is 21.9 Å². The third kappa shape index (κ3) is 5.28. The Bertz CT molecular complexity index is 606. The molecule has 0 atom stereocenters. The van der Waals surface area contributed by atoms with Crippen LogP contribution in [0.5, 0.6) is 11.5 Å². The Morgan fingerprint density at radius 1 is 1.19 bits per heavy atom. The molecule has 0 radical (unpaired) electrons. The van der Waals surface area contributed by atoms with Gasteiger partial charge in [0, 0.05) is 45.0 Å². The molecule has 0 saturated carbocycles. The maximum Gasteiger partial charge on any atom is 0.161 e. The summed E-state index contributed by atoms with van der Waals surface area (Å²) in [6.07, 6.45) is 1.17. The van der Waals surface area contributed by atoms with Crippen LogP contribution in [-0.4, -0.2) is 80.9 Å². The normalized spacial score (nSPS) is 18.3.